The van der Waals surface area contributed by atoms with Gasteiger partial charge in [0.2, 0.25) is 0 Å². The van der Waals surface area contributed by atoms with Crippen molar-refractivity contribution in [2.45, 2.75) is 5.67 Å². The first-order valence-electron chi connectivity index (χ1n) is 2.23. The first kappa shape index (κ1) is 8.68. The first-order chi connectivity index (χ1) is 4.18. The van der Waals surface area contributed by atoms with Gasteiger partial charge in [-0.15, -0.1) is 0 Å². The summed E-state index contributed by atoms with van der Waals surface area (Å²) in [6, 6.07) is 0. The Balaban J connectivity index is 3.62. The summed E-state index contributed by atoms with van der Waals surface area (Å²) in [5.41, 5.74) is -2.80. The second-order valence-corrected chi connectivity index (χ2v) is 1.67. The Bertz CT molecular complexity index is 73.0. The van der Waals surface area contributed by atoms with Gasteiger partial charge >= 0.3 is 0 Å². The molecule has 0 aliphatic rings. The summed E-state index contributed by atoms with van der Waals surface area (Å²) in [5, 5.41) is 0. The van der Waals surface area contributed by atoms with Crippen LogP contribution in [0.4, 0.5) is 17.7 Å². The topological polar surface area (TPSA) is 9.23 Å². The van der Waals surface area contributed by atoms with Gasteiger partial charge in [-0.05, 0) is 4.53 Å². The van der Waals surface area contributed by atoms with Gasteiger partial charge < -0.3 is 0 Å². The highest BCUT2D eigenvalue weighted by molar-refractivity contribution is 4.75. The smallest absolute Gasteiger partial charge is 0.193 e. The molecule has 0 unspecified atom stereocenters. The van der Waals surface area contributed by atoms with Crippen LogP contribution in [-0.2, 0) is 4.94 Å². The van der Waals surface area contributed by atoms with Crippen LogP contribution in [0.1, 0.15) is 0 Å². The van der Waals surface area contributed by atoms with Crippen LogP contribution in [0.5, 0.6) is 0 Å². The Morgan fingerprint density at radius 2 is 1.67 bits per heavy atom. The number of alkyl halides is 3. The average Bonchev–Trinajstić information content (AvgIpc) is 1.89. The van der Waals surface area contributed by atoms with Crippen LogP contribution >= 0.6 is 0 Å². The van der Waals surface area contributed by atoms with Crippen LogP contribution in [0.25, 0.3) is 0 Å². The molecule has 9 heavy (non-hydrogen) atoms. The predicted molar refractivity (Wildman–Crippen MR) is 22.8 cm³/mol. The van der Waals surface area contributed by atoms with E-state index in [1.807, 2.05) is 0 Å². The van der Waals surface area contributed by atoms with E-state index in [-0.39, 0.29) is 0 Å². The fraction of sp³-hybridized carbons (Fsp3) is 1.00. The molecule has 0 atom stereocenters. The van der Waals surface area contributed by atoms with Gasteiger partial charge in [0.1, 0.15) is 20.0 Å². The van der Waals surface area contributed by atoms with Crippen molar-refractivity contribution in [3.63, 3.8) is 0 Å². The molecule has 0 aromatic heterocycles. The summed E-state index contributed by atoms with van der Waals surface area (Å²) in [6.45, 7) is -4.35. The molecule has 0 N–H and O–H groups in total. The van der Waals surface area contributed by atoms with Crippen LogP contribution in [0.3, 0.4) is 0 Å². The van der Waals surface area contributed by atoms with Crippen LogP contribution in [0.15, 0.2) is 0 Å². The average molecular weight is 146 g/mol. The SMILES string of the molecule is FCC(F)(CF)COF. The maximum atomic E-state index is 12.1. The molecule has 0 aromatic carbocycles. The molecule has 0 aliphatic carbocycles. The van der Waals surface area contributed by atoms with E-state index in [0.29, 0.717) is 0 Å². The molecule has 1 nitrogen and oxygen atoms in total. The molecule has 0 heterocycles. The predicted octanol–water partition coefficient (Wildman–Crippen LogP) is 1.53. The van der Waals surface area contributed by atoms with Crippen LogP contribution in [0, 0.1) is 0 Å². The van der Waals surface area contributed by atoms with E-state index in [9.17, 15) is 17.7 Å². The molecule has 0 amide bonds. The number of rotatable bonds is 4. The van der Waals surface area contributed by atoms with Crippen molar-refractivity contribution >= 4 is 0 Å². The van der Waals surface area contributed by atoms with E-state index in [0.717, 1.165) is 0 Å². The van der Waals surface area contributed by atoms with E-state index in [4.69, 9.17) is 0 Å². The second-order valence-electron chi connectivity index (χ2n) is 1.67. The Morgan fingerprint density at radius 1 is 1.22 bits per heavy atom. The standard InChI is InChI=1S/C4H6F4O/c5-1-4(7,2-6)3-9-8/h1-3H2. The summed E-state index contributed by atoms with van der Waals surface area (Å²) in [6.07, 6.45) is 0. The largest absolute Gasteiger partial charge is 0.247 e. The normalized spacial score (nSPS) is 12.0. The summed E-state index contributed by atoms with van der Waals surface area (Å²) >= 11 is 0. The Labute approximate surface area is 49.5 Å². The van der Waals surface area contributed by atoms with E-state index in [2.05, 4.69) is 4.94 Å². The molecule has 0 saturated heterocycles. The van der Waals surface area contributed by atoms with Crippen LogP contribution < -0.4 is 0 Å². The van der Waals surface area contributed by atoms with Crippen molar-refractivity contribution in [2.24, 2.45) is 0 Å². The number of hydrogen-bond acceptors (Lipinski definition) is 1. The molecular weight excluding hydrogens is 140 g/mol. The van der Waals surface area contributed by atoms with Gasteiger partial charge in [-0.25, -0.2) is 13.2 Å². The molecule has 0 radical (unpaired) electrons. The third kappa shape index (κ3) is 2.64. The molecule has 0 aliphatic heterocycles. The fourth-order valence-corrected chi connectivity index (χ4v) is 0.211. The van der Waals surface area contributed by atoms with Gasteiger partial charge in [-0.3, -0.25) is 0 Å². The summed E-state index contributed by atoms with van der Waals surface area (Å²) in [4.78, 5) is 2.73. The maximum Gasteiger partial charge on any atom is 0.193 e. The van der Waals surface area contributed by atoms with Crippen LogP contribution in [-0.4, -0.2) is 25.6 Å². The van der Waals surface area contributed by atoms with E-state index in [1.165, 1.54) is 0 Å². The van der Waals surface area contributed by atoms with E-state index in [1.54, 1.807) is 0 Å². The second kappa shape index (κ2) is 3.66. The number of hydrogen-bond donors (Lipinski definition) is 0. The van der Waals surface area contributed by atoms with Gasteiger partial charge in [0.05, 0.1) is 0 Å². The zero-order valence-corrected chi connectivity index (χ0v) is 4.54. The molecule has 0 saturated carbocycles. The van der Waals surface area contributed by atoms with E-state index < -0.39 is 25.6 Å². The highest BCUT2D eigenvalue weighted by Crippen LogP contribution is 2.13. The van der Waals surface area contributed by atoms with Gasteiger partial charge in [0, 0.05) is 0 Å². The quantitative estimate of drug-likeness (QED) is 0.546. The van der Waals surface area contributed by atoms with E-state index >= 15 is 0 Å². The molecule has 0 bridgehead atoms. The highest BCUT2D eigenvalue weighted by Gasteiger charge is 2.31. The molecular formula is C4H6F4O. The first-order valence-corrected chi connectivity index (χ1v) is 2.23. The summed E-state index contributed by atoms with van der Waals surface area (Å²) in [5.74, 6) is 0. The van der Waals surface area contributed by atoms with Crippen molar-refractivity contribution < 1.29 is 22.6 Å². The van der Waals surface area contributed by atoms with Crippen molar-refractivity contribution in [3.05, 3.63) is 0 Å². The lowest BCUT2D eigenvalue weighted by molar-refractivity contribution is -0.173. The number of halogens is 4. The monoisotopic (exact) mass is 146 g/mol. The molecule has 0 spiro atoms. The van der Waals surface area contributed by atoms with Gasteiger partial charge in [0.15, 0.2) is 5.67 Å². The molecule has 5 heteroatoms. The lowest BCUT2D eigenvalue weighted by Gasteiger charge is -2.13. The minimum Gasteiger partial charge on any atom is -0.247 e. The molecule has 56 valence electrons. The Hall–Kier alpha value is -0.320. The highest BCUT2D eigenvalue weighted by atomic mass is 19.3. The Kier molecular flexibility index (Phi) is 3.53. The fourth-order valence-electron chi connectivity index (χ4n) is 0.211. The van der Waals surface area contributed by atoms with Crippen LogP contribution in [0.2, 0.25) is 0 Å². The summed E-state index contributed by atoms with van der Waals surface area (Å²) in [7, 11) is 0. The van der Waals surface area contributed by atoms with Crippen molar-refractivity contribution in [3.8, 4) is 0 Å². The lowest BCUT2D eigenvalue weighted by atomic mass is 10.2. The minimum atomic E-state index is -2.80. The van der Waals surface area contributed by atoms with Gasteiger partial charge in [-0.1, -0.05) is 0 Å². The van der Waals surface area contributed by atoms with Gasteiger partial charge in [-0.2, -0.15) is 4.94 Å². The molecule has 0 aromatic rings. The minimum absolute atomic E-state index is 1.19. The third-order valence-electron chi connectivity index (χ3n) is 0.792. The van der Waals surface area contributed by atoms with Crippen molar-refractivity contribution in [1.29, 1.82) is 0 Å². The zero-order valence-electron chi connectivity index (χ0n) is 4.54. The Morgan fingerprint density at radius 3 is 1.78 bits per heavy atom. The summed E-state index contributed by atoms with van der Waals surface area (Å²) < 4.78 is 45.7. The molecule has 0 fully saturated rings. The third-order valence-corrected chi connectivity index (χ3v) is 0.792. The molecule has 0 rings (SSSR count). The van der Waals surface area contributed by atoms with Crippen molar-refractivity contribution in [2.75, 3.05) is 20.0 Å². The van der Waals surface area contributed by atoms with Gasteiger partial charge in [0.25, 0.3) is 0 Å². The maximum absolute atomic E-state index is 12.1. The van der Waals surface area contributed by atoms with Crippen molar-refractivity contribution in [1.82, 2.24) is 0 Å². The zero-order chi connectivity index (χ0) is 7.33. The lowest BCUT2D eigenvalue weighted by Crippen LogP contribution is -2.33.